The van der Waals surface area contributed by atoms with Crippen molar-refractivity contribution in [2.24, 2.45) is 5.16 Å². The summed E-state index contributed by atoms with van der Waals surface area (Å²) in [6.07, 6.45) is 0.894. The van der Waals surface area contributed by atoms with Crippen LogP contribution in [0.3, 0.4) is 0 Å². The van der Waals surface area contributed by atoms with Crippen molar-refractivity contribution in [3.8, 4) is 5.75 Å². The maximum absolute atomic E-state index is 14.4. The SMILES string of the molecule is CCc1ccc(NC(=O)N(Cc2ccc(F)cc2F)CC2CC(c3ccccc3OC)=NO2)cc1. The van der Waals surface area contributed by atoms with Crippen molar-refractivity contribution >= 4 is 17.4 Å². The summed E-state index contributed by atoms with van der Waals surface area (Å²) in [5.74, 6) is -0.713. The van der Waals surface area contributed by atoms with Crippen LogP contribution in [-0.4, -0.2) is 36.4 Å². The molecule has 1 aliphatic heterocycles. The predicted molar refractivity (Wildman–Crippen MR) is 131 cm³/mol. The van der Waals surface area contributed by atoms with Crippen LogP contribution in [-0.2, 0) is 17.8 Å². The largest absolute Gasteiger partial charge is 0.496 e. The van der Waals surface area contributed by atoms with Crippen LogP contribution < -0.4 is 10.1 Å². The molecule has 1 aliphatic rings. The summed E-state index contributed by atoms with van der Waals surface area (Å²) >= 11 is 0. The number of oxime groups is 1. The van der Waals surface area contributed by atoms with E-state index in [0.29, 0.717) is 23.6 Å². The number of halogens is 2. The second kappa shape index (κ2) is 11.0. The van der Waals surface area contributed by atoms with Crippen LogP contribution in [0, 0.1) is 11.6 Å². The molecule has 1 unspecified atom stereocenters. The molecule has 0 saturated heterocycles. The van der Waals surface area contributed by atoms with Crippen LogP contribution in [0.25, 0.3) is 0 Å². The van der Waals surface area contributed by atoms with E-state index >= 15 is 0 Å². The number of anilines is 1. The van der Waals surface area contributed by atoms with Gasteiger partial charge in [-0.2, -0.15) is 0 Å². The van der Waals surface area contributed by atoms with Gasteiger partial charge in [-0.25, -0.2) is 13.6 Å². The number of hydrogen-bond acceptors (Lipinski definition) is 4. The van der Waals surface area contributed by atoms with Gasteiger partial charge in [-0.1, -0.05) is 42.4 Å². The monoisotopic (exact) mass is 479 g/mol. The fourth-order valence-electron chi connectivity index (χ4n) is 3.92. The van der Waals surface area contributed by atoms with Crippen LogP contribution in [0.15, 0.2) is 71.9 Å². The van der Waals surface area contributed by atoms with Gasteiger partial charge in [-0.15, -0.1) is 0 Å². The first-order valence-corrected chi connectivity index (χ1v) is 11.4. The highest BCUT2D eigenvalue weighted by molar-refractivity contribution is 6.03. The van der Waals surface area contributed by atoms with E-state index in [1.807, 2.05) is 48.5 Å². The summed E-state index contributed by atoms with van der Waals surface area (Å²) in [5, 5.41) is 7.06. The number of aryl methyl sites for hydroxylation is 1. The molecule has 2 amide bonds. The zero-order valence-electron chi connectivity index (χ0n) is 19.6. The smallest absolute Gasteiger partial charge is 0.322 e. The third-order valence-electron chi connectivity index (χ3n) is 5.85. The van der Waals surface area contributed by atoms with Crippen molar-refractivity contribution in [3.63, 3.8) is 0 Å². The van der Waals surface area contributed by atoms with Crippen LogP contribution in [0.4, 0.5) is 19.3 Å². The second-order valence-electron chi connectivity index (χ2n) is 8.27. The molecule has 1 atom stereocenters. The molecular formula is C27H27F2N3O3. The van der Waals surface area contributed by atoms with Gasteiger partial charge in [0.05, 0.1) is 25.9 Å². The third-order valence-corrected chi connectivity index (χ3v) is 5.85. The van der Waals surface area contributed by atoms with Gasteiger partial charge in [-0.05, 0) is 42.3 Å². The predicted octanol–water partition coefficient (Wildman–Crippen LogP) is 5.76. The van der Waals surface area contributed by atoms with Crippen LogP contribution >= 0.6 is 0 Å². The van der Waals surface area contributed by atoms with E-state index in [1.165, 1.54) is 17.0 Å². The molecule has 0 aliphatic carbocycles. The highest BCUT2D eigenvalue weighted by atomic mass is 19.1. The number of carbonyl (C=O) groups is 1. The van der Waals surface area contributed by atoms with Gasteiger partial charge < -0.3 is 19.8 Å². The number of amides is 2. The Morgan fingerprint density at radius 2 is 1.91 bits per heavy atom. The average Bonchev–Trinajstić information content (AvgIpc) is 3.34. The van der Waals surface area contributed by atoms with Crippen LogP contribution in [0.2, 0.25) is 0 Å². The zero-order valence-corrected chi connectivity index (χ0v) is 19.6. The lowest BCUT2D eigenvalue weighted by molar-refractivity contribution is 0.0606. The summed E-state index contributed by atoms with van der Waals surface area (Å²) in [5.41, 5.74) is 3.49. The van der Waals surface area contributed by atoms with E-state index in [2.05, 4.69) is 17.4 Å². The van der Waals surface area contributed by atoms with Gasteiger partial charge in [0.15, 0.2) is 6.10 Å². The molecule has 3 aromatic rings. The first kappa shape index (κ1) is 24.2. The Kier molecular flexibility index (Phi) is 7.60. The number of nitrogens with one attached hydrogen (secondary N) is 1. The molecular weight excluding hydrogens is 452 g/mol. The first-order valence-electron chi connectivity index (χ1n) is 11.4. The minimum atomic E-state index is -0.714. The van der Waals surface area contributed by atoms with Gasteiger partial charge in [-0.3, -0.25) is 0 Å². The summed E-state index contributed by atoms with van der Waals surface area (Å²) in [4.78, 5) is 20.3. The Morgan fingerprint density at radius 3 is 2.63 bits per heavy atom. The molecule has 1 N–H and O–H groups in total. The Morgan fingerprint density at radius 1 is 1.14 bits per heavy atom. The number of carbonyl (C=O) groups excluding carboxylic acids is 1. The maximum atomic E-state index is 14.4. The van der Waals surface area contributed by atoms with Gasteiger partial charge >= 0.3 is 6.03 Å². The molecule has 4 rings (SSSR count). The summed E-state index contributed by atoms with van der Waals surface area (Å²) in [6, 6.07) is 17.9. The molecule has 6 nitrogen and oxygen atoms in total. The Labute approximate surface area is 203 Å². The average molecular weight is 480 g/mol. The highest BCUT2D eigenvalue weighted by Crippen LogP contribution is 2.25. The lowest BCUT2D eigenvalue weighted by atomic mass is 10.0. The van der Waals surface area contributed by atoms with E-state index in [1.54, 1.807) is 7.11 Å². The number of urea groups is 1. The van der Waals surface area contributed by atoms with Gasteiger partial charge in [0.2, 0.25) is 0 Å². The highest BCUT2D eigenvalue weighted by Gasteiger charge is 2.28. The van der Waals surface area contributed by atoms with Crippen molar-refractivity contribution < 1.29 is 23.1 Å². The molecule has 8 heteroatoms. The molecule has 182 valence electrons. The molecule has 1 heterocycles. The first-order chi connectivity index (χ1) is 17.0. The number of methoxy groups -OCH3 is 1. The Hall–Kier alpha value is -3.94. The van der Waals surface area contributed by atoms with E-state index in [9.17, 15) is 13.6 Å². The Bertz CT molecular complexity index is 1210. The van der Waals surface area contributed by atoms with Crippen molar-refractivity contribution in [3.05, 3.63) is 95.1 Å². The standard InChI is InChI=1S/C27H27F2N3O3/c1-3-18-8-12-21(13-9-18)30-27(33)32(16-19-10-11-20(28)14-24(19)29)17-22-15-25(31-35-22)23-6-4-5-7-26(23)34-2/h4-14,22H,3,15-17H2,1-2H3,(H,30,33). The minimum absolute atomic E-state index is 0.0607. The second-order valence-corrected chi connectivity index (χ2v) is 8.27. The molecule has 0 saturated carbocycles. The molecule has 3 aromatic carbocycles. The summed E-state index contributed by atoms with van der Waals surface area (Å²) in [6.45, 7) is 2.14. The number of ether oxygens (including phenoxy) is 1. The van der Waals surface area contributed by atoms with Crippen molar-refractivity contribution in [2.45, 2.75) is 32.4 Å². The van der Waals surface area contributed by atoms with E-state index < -0.39 is 23.8 Å². The number of benzene rings is 3. The number of hydrogen-bond donors (Lipinski definition) is 1. The Balaban J connectivity index is 1.50. The number of para-hydroxylation sites is 1. The number of rotatable bonds is 8. The van der Waals surface area contributed by atoms with Crippen molar-refractivity contribution in [1.29, 1.82) is 0 Å². The van der Waals surface area contributed by atoms with Crippen LogP contribution in [0.5, 0.6) is 5.75 Å². The molecule has 35 heavy (non-hydrogen) atoms. The minimum Gasteiger partial charge on any atom is -0.496 e. The lowest BCUT2D eigenvalue weighted by Crippen LogP contribution is -2.40. The zero-order chi connectivity index (χ0) is 24.8. The third kappa shape index (κ3) is 5.95. The molecule has 0 fully saturated rings. The molecule has 0 spiro atoms. The van der Waals surface area contributed by atoms with E-state index in [0.717, 1.165) is 23.6 Å². The van der Waals surface area contributed by atoms with Gasteiger partial charge in [0.25, 0.3) is 0 Å². The van der Waals surface area contributed by atoms with Gasteiger partial charge in [0, 0.05) is 29.3 Å². The normalized spacial score (nSPS) is 14.7. The van der Waals surface area contributed by atoms with Crippen molar-refractivity contribution in [2.75, 3.05) is 19.0 Å². The fourth-order valence-corrected chi connectivity index (χ4v) is 3.92. The van der Waals surface area contributed by atoms with Crippen molar-refractivity contribution in [1.82, 2.24) is 4.90 Å². The number of nitrogens with zero attached hydrogens (tertiary/aromatic N) is 2. The summed E-state index contributed by atoms with van der Waals surface area (Å²) < 4.78 is 33.2. The summed E-state index contributed by atoms with van der Waals surface area (Å²) in [7, 11) is 1.59. The molecule has 0 aromatic heterocycles. The quantitative estimate of drug-likeness (QED) is 0.447. The van der Waals surface area contributed by atoms with Crippen LogP contribution in [0.1, 0.15) is 30.0 Å². The van der Waals surface area contributed by atoms with E-state index in [4.69, 9.17) is 9.57 Å². The lowest BCUT2D eigenvalue weighted by Gasteiger charge is -2.25. The molecule has 0 radical (unpaired) electrons. The van der Waals surface area contributed by atoms with Gasteiger partial charge in [0.1, 0.15) is 17.4 Å². The topological polar surface area (TPSA) is 63.2 Å². The van der Waals surface area contributed by atoms with E-state index in [-0.39, 0.29) is 18.7 Å². The maximum Gasteiger partial charge on any atom is 0.322 e. The molecule has 0 bridgehead atoms. The fraction of sp³-hybridized carbons (Fsp3) is 0.259.